The Morgan fingerprint density at radius 2 is 1.24 bits per heavy atom. The second kappa shape index (κ2) is 16.1. The largest absolute Gasteiger partial charge is 0.490 e. The van der Waals surface area contributed by atoms with Crippen LogP contribution in [0.3, 0.4) is 0 Å². The van der Waals surface area contributed by atoms with Crippen molar-refractivity contribution in [2.75, 3.05) is 13.2 Å². The minimum absolute atomic E-state index is 0.0156. The fraction of sp³-hybridized carbons (Fsp3) is 0.344. The third-order valence-corrected chi connectivity index (χ3v) is 7.25. The van der Waals surface area contributed by atoms with Gasteiger partial charge in [0.25, 0.3) is 0 Å². The second-order valence-electron chi connectivity index (χ2n) is 10.8. The van der Waals surface area contributed by atoms with E-state index >= 15 is 0 Å². The molecule has 17 heteroatoms. The highest BCUT2D eigenvalue weighted by Crippen LogP contribution is 2.44. The number of amides is 1. The van der Waals surface area contributed by atoms with Gasteiger partial charge in [-0.05, 0) is 71.8 Å². The molecule has 4 rings (SSSR count). The molecule has 1 aliphatic carbocycles. The summed E-state index contributed by atoms with van der Waals surface area (Å²) in [6.45, 7) is -0.0239. The minimum Gasteiger partial charge on any atom is -0.480 e. The van der Waals surface area contributed by atoms with Gasteiger partial charge in [-0.15, -0.1) is 0 Å². The molecular weight excluding hydrogens is 679 g/mol. The Bertz CT molecular complexity index is 1550. The maximum Gasteiger partial charge on any atom is 0.490 e. The fourth-order valence-corrected chi connectivity index (χ4v) is 4.99. The first-order chi connectivity index (χ1) is 22.8. The van der Waals surface area contributed by atoms with E-state index in [1.54, 1.807) is 0 Å². The van der Waals surface area contributed by atoms with Gasteiger partial charge in [-0.1, -0.05) is 48.5 Å². The van der Waals surface area contributed by atoms with E-state index in [2.05, 4.69) is 10.6 Å². The normalized spacial score (nSPS) is 13.4. The third-order valence-electron chi connectivity index (χ3n) is 7.25. The third kappa shape index (κ3) is 11.1. The number of fused-ring (bicyclic) bond motifs is 3. The van der Waals surface area contributed by atoms with Gasteiger partial charge in [0.05, 0.1) is 11.1 Å². The molecule has 1 amide bonds. The van der Waals surface area contributed by atoms with Crippen LogP contribution in [0.5, 0.6) is 0 Å². The first-order valence-electron chi connectivity index (χ1n) is 14.4. The Balaban J connectivity index is 0.000000838. The van der Waals surface area contributed by atoms with Crippen molar-refractivity contribution in [3.63, 3.8) is 0 Å². The van der Waals surface area contributed by atoms with Crippen LogP contribution in [0.25, 0.3) is 11.1 Å². The van der Waals surface area contributed by atoms with Gasteiger partial charge < -0.3 is 25.6 Å². The molecule has 49 heavy (non-hydrogen) atoms. The van der Waals surface area contributed by atoms with E-state index in [0.29, 0.717) is 25.0 Å². The summed E-state index contributed by atoms with van der Waals surface area (Å²) in [5, 5.41) is 21.8. The molecule has 3 aromatic carbocycles. The van der Waals surface area contributed by atoms with Crippen LogP contribution in [-0.4, -0.2) is 53.6 Å². The maximum atomic E-state index is 13.0. The van der Waals surface area contributed by atoms with Gasteiger partial charge in [0.1, 0.15) is 12.6 Å². The Hall–Kier alpha value is -4.80. The Morgan fingerprint density at radius 3 is 1.69 bits per heavy atom. The van der Waals surface area contributed by atoms with Gasteiger partial charge in [-0.3, -0.25) is 0 Å². The lowest BCUT2D eigenvalue weighted by Gasteiger charge is -2.17. The Labute approximate surface area is 272 Å². The molecule has 0 saturated carbocycles. The summed E-state index contributed by atoms with van der Waals surface area (Å²) in [4.78, 5) is 33.0. The van der Waals surface area contributed by atoms with Crippen LogP contribution in [0.15, 0.2) is 66.7 Å². The molecule has 0 aromatic heterocycles. The molecule has 0 unspecified atom stereocenters. The molecule has 0 fully saturated rings. The van der Waals surface area contributed by atoms with Gasteiger partial charge in [-0.2, -0.15) is 39.5 Å². The average molecular weight is 709 g/mol. The lowest BCUT2D eigenvalue weighted by Crippen LogP contribution is -2.41. The molecule has 4 N–H and O–H groups in total. The number of hydrogen-bond donors (Lipinski definition) is 4. The minimum atomic E-state index is -5.08. The van der Waals surface area contributed by atoms with Crippen molar-refractivity contribution >= 4 is 18.0 Å². The number of rotatable bonds is 11. The van der Waals surface area contributed by atoms with Crippen molar-refractivity contribution < 1.29 is 68.8 Å². The molecule has 0 aliphatic heterocycles. The van der Waals surface area contributed by atoms with E-state index in [9.17, 15) is 54.2 Å². The smallest absolute Gasteiger partial charge is 0.480 e. The summed E-state index contributed by atoms with van der Waals surface area (Å²) >= 11 is 0. The lowest BCUT2D eigenvalue weighted by atomic mass is 9.98. The number of alkyl carbamates (subject to hydrolysis) is 1. The predicted octanol–water partition coefficient (Wildman–Crippen LogP) is 7.61. The van der Waals surface area contributed by atoms with Crippen LogP contribution in [0.2, 0.25) is 0 Å². The van der Waals surface area contributed by atoms with E-state index in [1.165, 1.54) is 0 Å². The summed E-state index contributed by atoms with van der Waals surface area (Å²) in [7, 11) is 0. The predicted molar refractivity (Wildman–Crippen MR) is 155 cm³/mol. The molecule has 0 radical (unpaired) electrons. The summed E-state index contributed by atoms with van der Waals surface area (Å²) in [5.41, 5.74) is 1.15. The van der Waals surface area contributed by atoms with Crippen LogP contribution < -0.4 is 10.6 Å². The number of ether oxygens (including phenoxy) is 1. The molecular formula is C32H29F9N2O6. The van der Waals surface area contributed by atoms with Crippen molar-refractivity contribution in [3.8, 4) is 11.1 Å². The number of hydrogen-bond acceptors (Lipinski definition) is 5. The first kappa shape index (κ1) is 38.6. The topological polar surface area (TPSA) is 125 Å². The maximum absolute atomic E-state index is 13.0. The first-order valence-corrected chi connectivity index (χ1v) is 14.4. The molecule has 0 bridgehead atoms. The van der Waals surface area contributed by atoms with E-state index in [-0.39, 0.29) is 43.7 Å². The number of carboxylic acids is 2. The molecule has 0 heterocycles. The number of carbonyl (C=O) groups is 3. The van der Waals surface area contributed by atoms with Gasteiger partial charge in [0.15, 0.2) is 0 Å². The number of benzene rings is 3. The van der Waals surface area contributed by atoms with Crippen LogP contribution >= 0.6 is 0 Å². The van der Waals surface area contributed by atoms with E-state index < -0.39 is 53.7 Å². The van der Waals surface area contributed by atoms with E-state index in [4.69, 9.17) is 14.6 Å². The van der Waals surface area contributed by atoms with Gasteiger partial charge in [-0.25, -0.2) is 14.4 Å². The van der Waals surface area contributed by atoms with Crippen molar-refractivity contribution in [3.05, 3.63) is 94.5 Å². The monoisotopic (exact) mass is 708 g/mol. The zero-order valence-electron chi connectivity index (χ0n) is 25.2. The quantitative estimate of drug-likeness (QED) is 0.119. The van der Waals surface area contributed by atoms with E-state index in [1.807, 2.05) is 48.5 Å². The van der Waals surface area contributed by atoms with Crippen LogP contribution in [0, 0.1) is 0 Å². The van der Waals surface area contributed by atoms with Gasteiger partial charge in [0, 0.05) is 12.5 Å². The summed E-state index contributed by atoms with van der Waals surface area (Å²) in [6, 6.07) is 15.7. The molecule has 1 atom stereocenters. The van der Waals surface area contributed by atoms with E-state index in [0.717, 1.165) is 22.3 Å². The SMILES string of the molecule is O=C(N[C@@H](CCCCNCc1cc(C(F)(F)F)cc(C(F)(F)F)c1)C(=O)O)OCC1c2ccccc2-c2ccccc21.O=C(O)C(F)(F)F. The number of alkyl halides is 9. The van der Waals surface area contributed by atoms with Crippen molar-refractivity contribution in [1.29, 1.82) is 0 Å². The summed E-state index contributed by atoms with van der Waals surface area (Å²) in [6.07, 6.45) is -15.1. The number of nitrogens with one attached hydrogen (secondary N) is 2. The summed E-state index contributed by atoms with van der Waals surface area (Å²) < 4.78 is 115. The van der Waals surface area contributed by atoms with Crippen molar-refractivity contribution in [1.82, 2.24) is 10.6 Å². The zero-order chi connectivity index (χ0) is 36.6. The van der Waals surface area contributed by atoms with Crippen molar-refractivity contribution in [2.24, 2.45) is 0 Å². The standard InChI is InChI=1S/C30H28F6N2O4.C2HF3O2/c31-29(32,33)19-13-18(14-20(15-19)30(34,35)36)16-37-12-6-5-11-26(27(39)40)38-28(41)42-17-25-23-9-3-1-7-21(23)22-8-2-4-10-24(22)25;3-2(4,5)1(6)7/h1-4,7-10,13-15,25-26,37H,5-6,11-12,16-17H2,(H,38,41)(H,39,40);(H,6,7)/t26-;/m0./s1. The van der Waals surface area contributed by atoms with Gasteiger partial charge >= 0.3 is 36.6 Å². The number of halogens is 9. The van der Waals surface area contributed by atoms with Crippen LogP contribution in [0.4, 0.5) is 44.3 Å². The lowest BCUT2D eigenvalue weighted by molar-refractivity contribution is -0.192. The van der Waals surface area contributed by atoms with Crippen LogP contribution in [-0.2, 0) is 33.2 Å². The highest BCUT2D eigenvalue weighted by Gasteiger charge is 2.38. The van der Waals surface area contributed by atoms with Crippen molar-refractivity contribution in [2.45, 2.75) is 56.3 Å². The summed E-state index contributed by atoms with van der Waals surface area (Å²) in [5.74, 6) is -4.21. The highest BCUT2D eigenvalue weighted by atomic mass is 19.4. The second-order valence-corrected chi connectivity index (χ2v) is 10.8. The van der Waals surface area contributed by atoms with Gasteiger partial charge in [0.2, 0.25) is 0 Å². The molecule has 3 aromatic rings. The molecule has 1 aliphatic rings. The molecule has 266 valence electrons. The highest BCUT2D eigenvalue weighted by molar-refractivity contribution is 5.81. The number of unbranched alkanes of at least 4 members (excludes halogenated alkanes) is 1. The van der Waals surface area contributed by atoms with Crippen LogP contribution in [0.1, 0.15) is 53.0 Å². The number of carboxylic acid groups (broad SMARTS) is 2. The molecule has 8 nitrogen and oxygen atoms in total. The zero-order valence-corrected chi connectivity index (χ0v) is 25.2. The average Bonchev–Trinajstić information content (AvgIpc) is 3.33. The number of carbonyl (C=O) groups excluding carboxylic acids is 1. The molecule has 0 saturated heterocycles. The Kier molecular flexibility index (Phi) is 12.7. The Morgan fingerprint density at radius 1 is 0.755 bits per heavy atom. The number of aliphatic carboxylic acids is 2. The molecule has 0 spiro atoms. The fourth-order valence-electron chi connectivity index (χ4n) is 4.99.